The van der Waals surface area contributed by atoms with Gasteiger partial charge in [0.1, 0.15) is 23.6 Å². The lowest BCUT2D eigenvalue weighted by Gasteiger charge is -2.32. The molecule has 3 rings (SSSR count). The third-order valence-electron chi connectivity index (χ3n) is 6.68. The van der Waals surface area contributed by atoms with Gasteiger partial charge >= 0.3 is 6.18 Å². The van der Waals surface area contributed by atoms with Crippen molar-refractivity contribution in [3.8, 4) is 11.5 Å². The molecule has 2 aromatic rings. The summed E-state index contributed by atoms with van der Waals surface area (Å²) in [6, 6.07) is 11.7. The fraction of sp³-hybridized carbons (Fsp3) is 0.448. The number of alkyl halides is 3. The maximum Gasteiger partial charge on any atom is 0.452 e. The van der Waals surface area contributed by atoms with Crippen molar-refractivity contribution >= 4 is 23.5 Å². The van der Waals surface area contributed by atoms with Gasteiger partial charge in [-0.1, -0.05) is 45.9 Å². The molecule has 0 bridgehead atoms. The molecule has 1 fully saturated rings. The van der Waals surface area contributed by atoms with E-state index in [0.717, 1.165) is 0 Å². The van der Waals surface area contributed by atoms with E-state index in [0.29, 0.717) is 23.5 Å². The minimum Gasteiger partial charge on any atom is -0.457 e. The number of benzene rings is 2. The van der Waals surface area contributed by atoms with Crippen LogP contribution < -0.4 is 15.4 Å². The Kier molecular flexibility index (Phi) is 9.94. The van der Waals surface area contributed by atoms with E-state index in [1.807, 2.05) is 18.2 Å². The number of carbonyl (C=O) groups excluding carboxylic acids is 4. The zero-order valence-electron chi connectivity index (χ0n) is 22.8. The van der Waals surface area contributed by atoms with Crippen molar-refractivity contribution in [1.29, 1.82) is 0 Å². The number of rotatable bonds is 10. The van der Waals surface area contributed by atoms with Gasteiger partial charge in [-0.2, -0.15) is 13.2 Å². The van der Waals surface area contributed by atoms with Gasteiger partial charge < -0.3 is 20.3 Å². The lowest BCUT2D eigenvalue weighted by molar-refractivity contribution is -0.175. The van der Waals surface area contributed by atoms with Crippen LogP contribution >= 0.6 is 0 Å². The average Bonchev–Trinajstić information content (AvgIpc) is 3.40. The highest BCUT2D eigenvalue weighted by Gasteiger charge is 2.46. The van der Waals surface area contributed by atoms with Crippen LogP contribution in [-0.2, 0) is 14.4 Å². The second kappa shape index (κ2) is 13.0. The zero-order chi connectivity index (χ0) is 29.6. The lowest BCUT2D eigenvalue weighted by atomic mass is 9.98. The van der Waals surface area contributed by atoms with Crippen molar-refractivity contribution in [3.63, 3.8) is 0 Å². The van der Waals surface area contributed by atoms with E-state index in [4.69, 9.17) is 4.74 Å². The van der Waals surface area contributed by atoms with Crippen LogP contribution in [0.15, 0.2) is 54.6 Å². The van der Waals surface area contributed by atoms with Crippen LogP contribution in [0, 0.1) is 11.8 Å². The number of ether oxygens (including phenoxy) is 1. The number of amides is 3. The number of nitrogens with one attached hydrogen (secondary N) is 2. The number of hydrogen-bond acceptors (Lipinski definition) is 5. The molecule has 8 nitrogen and oxygen atoms in total. The molecule has 0 aromatic heterocycles. The van der Waals surface area contributed by atoms with Crippen LogP contribution in [0.25, 0.3) is 0 Å². The van der Waals surface area contributed by atoms with Crippen molar-refractivity contribution < 1.29 is 37.1 Å². The molecule has 0 spiro atoms. The predicted molar refractivity (Wildman–Crippen MR) is 142 cm³/mol. The number of Topliss-reactive ketones (excluding diaryl/α,β-unsaturated/α-hetero) is 1. The van der Waals surface area contributed by atoms with E-state index in [1.54, 1.807) is 50.2 Å². The minimum atomic E-state index is -5.10. The summed E-state index contributed by atoms with van der Waals surface area (Å²) in [5, 5.41) is 4.94. The first kappa shape index (κ1) is 30.6. The van der Waals surface area contributed by atoms with Crippen molar-refractivity contribution in [2.75, 3.05) is 6.54 Å². The van der Waals surface area contributed by atoms with Crippen molar-refractivity contribution in [2.24, 2.45) is 11.8 Å². The molecule has 216 valence electrons. The van der Waals surface area contributed by atoms with Crippen LogP contribution in [-0.4, -0.2) is 59.3 Å². The monoisotopic (exact) mass is 561 g/mol. The minimum absolute atomic E-state index is 0.196. The lowest BCUT2D eigenvalue weighted by Crippen LogP contribution is -2.58. The molecule has 1 aliphatic rings. The number of halogens is 3. The number of carbonyl (C=O) groups is 4. The fourth-order valence-electron chi connectivity index (χ4n) is 4.48. The Morgan fingerprint density at radius 1 is 0.850 bits per heavy atom. The summed E-state index contributed by atoms with van der Waals surface area (Å²) in [7, 11) is 0. The van der Waals surface area contributed by atoms with E-state index < -0.39 is 53.7 Å². The molecule has 1 unspecified atom stereocenters. The van der Waals surface area contributed by atoms with Gasteiger partial charge in [-0.25, -0.2) is 0 Å². The number of hydrogen-bond donors (Lipinski definition) is 2. The van der Waals surface area contributed by atoms with Gasteiger partial charge in [0.25, 0.3) is 11.7 Å². The summed E-state index contributed by atoms with van der Waals surface area (Å²) in [5.41, 5.74) is 0.292. The summed E-state index contributed by atoms with van der Waals surface area (Å²) < 4.78 is 44.9. The largest absolute Gasteiger partial charge is 0.457 e. The first-order chi connectivity index (χ1) is 18.8. The zero-order valence-corrected chi connectivity index (χ0v) is 22.8. The number of likely N-dealkylation sites (tertiary alicyclic amines) is 1. The Bertz CT molecular complexity index is 1200. The van der Waals surface area contributed by atoms with Crippen LogP contribution in [0.2, 0.25) is 0 Å². The molecular weight excluding hydrogens is 527 g/mol. The molecule has 40 heavy (non-hydrogen) atoms. The highest BCUT2D eigenvalue weighted by molar-refractivity contribution is 5.99. The molecule has 2 aromatic carbocycles. The van der Waals surface area contributed by atoms with Gasteiger partial charge in [-0.05, 0) is 61.1 Å². The van der Waals surface area contributed by atoms with Crippen LogP contribution in [0.5, 0.6) is 11.5 Å². The maximum atomic E-state index is 13.5. The Hall–Kier alpha value is -3.89. The average molecular weight is 562 g/mol. The van der Waals surface area contributed by atoms with Crippen molar-refractivity contribution in [2.45, 2.75) is 64.8 Å². The Labute approximate surface area is 231 Å². The van der Waals surface area contributed by atoms with Gasteiger partial charge in [-0.15, -0.1) is 0 Å². The maximum absolute atomic E-state index is 13.5. The van der Waals surface area contributed by atoms with Crippen LogP contribution in [0.4, 0.5) is 13.2 Å². The SMILES string of the molecule is CC(C)C(NC(=O)[C@@H]1CCCN1C(=O)[C@@H](NC(=O)c1ccc(Oc2ccccc2)cc1)C(C)C)C(=O)C(F)(F)F. The normalized spacial score (nSPS) is 16.9. The summed E-state index contributed by atoms with van der Waals surface area (Å²) in [6.07, 6.45) is -4.43. The van der Waals surface area contributed by atoms with Crippen LogP contribution in [0.1, 0.15) is 50.9 Å². The fourth-order valence-corrected chi connectivity index (χ4v) is 4.48. The standard InChI is InChI=1S/C29H34F3N3O5/c1-17(2)23(25(36)29(30,31)32)33-27(38)22-11-8-16-35(22)28(39)24(18(3)4)34-26(37)19-12-14-21(15-13-19)40-20-9-6-5-7-10-20/h5-7,9-10,12-15,17-18,22-24H,8,11,16H2,1-4H3,(H,33,38)(H,34,37)/t22-,23?,24-/m0/s1. The Morgan fingerprint density at radius 3 is 1.98 bits per heavy atom. The number of para-hydroxylation sites is 1. The van der Waals surface area contributed by atoms with Gasteiger partial charge in [0.2, 0.25) is 11.8 Å². The molecular formula is C29H34F3N3O5. The quantitative estimate of drug-likeness (QED) is 0.445. The summed E-state index contributed by atoms with van der Waals surface area (Å²) in [4.78, 5) is 52.6. The van der Waals surface area contributed by atoms with E-state index in [1.165, 1.54) is 18.7 Å². The van der Waals surface area contributed by atoms with Crippen molar-refractivity contribution in [1.82, 2.24) is 15.5 Å². The summed E-state index contributed by atoms with van der Waals surface area (Å²) >= 11 is 0. The number of ketones is 1. The predicted octanol–water partition coefficient (Wildman–Crippen LogP) is 4.50. The van der Waals surface area contributed by atoms with E-state index >= 15 is 0 Å². The van der Waals surface area contributed by atoms with Gasteiger partial charge in [0.05, 0.1) is 6.04 Å². The van der Waals surface area contributed by atoms with Gasteiger partial charge in [0.15, 0.2) is 0 Å². The van der Waals surface area contributed by atoms with E-state index in [-0.39, 0.29) is 18.9 Å². The highest BCUT2D eigenvalue weighted by Crippen LogP contribution is 2.25. The molecule has 2 N–H and O–H groups in total. The number of nitrogens with zero attached hydrogens (tertiary/aromatic N) is 1. The Balaban J connectivity index is 1.69. The molecule has 1 heterocycles. The summed E-state index contributed by atoms with van der Waals surface area (Å²) in [6.45, 7) is 6.47. The molecule has 0 radical (unpaired) electrons. The van der Waals surface area contributed by atoms with Gasteiger partial charge in [0, 0.05) is 12.1 Å². The molecule has 11 heteroatoms. The molecule has 3 atom stereocenters. The molecule has 1 aliphatic heterocycles. The molecule has 0 aliphatic carbocycles. The molecule has 3 amide bonds. The van der Waals surface area contributed by atoms with E-state index in [2.05, 4.69) is 10.6 Å². The smallest absolute Gasteiger partial charge is 0.452 e. The van der Waals surface area contributed by atoms with Gasteiger partial charge in [-0.3, -0.25) is 19.2 Å². The highest BCUT2D eigenvalue weighted by atomic mass is 19.4. The Morgan fingerprint density at radius 2 is 1.43 bits per heavy atom. The second-order valence-corrected chi connectivity index (χ2v) is 10.4. The molecule has 0 saturated carbocycles. The third kappa shape index (κ3) is 7.61. The van der Waals surface area contributed by atoms with Crippen LogP contribution in [0.3, 0.4) is 0 Å². The topological polar surface area (TPSA) is 105 Å². The molecule has 1 saturated heterocycles. The summed E-state index contributed by atoms with van der Waals surface area (Å²) in [5.74, 6) is -3.90. The third-order valence-corrected chi connectivity index (χ3v) is 6.68. The van der Waals surface area contributed by atoms with E-state index in [9.17, 15) is 32.3 Å². The second-order valence-electron chi connectivity index (χ2n) is 10.4. The first-order valence-electron chi connectivity index (χ1n) is 13.1. The first-order valence-corrected chi connectivity index (χ1v) is 13.1. The van der Waals surface area contributed by atoms with Crippen molar-refractivity contribution in [3.05, 3.63) is 60.2 Å².